The van der Waals surface area contributed by atoms with Crippen molar-refractivity contribution < 1.29 is 0 Å². The minimum absolute atomic E-state index is 0.900. The van der Waals surface area contributed by atoms with E-state index in [-0.39, 0.29) is 0 Å². The molecule has 0 radical (unpaired) electrons. The van der Waals surface area contributed by atoms with Gasteiger partial charge in [-0.2, -0.15) is 0 Å². The van der Waals surface area contributed by atoms with E-state index in [1.54, 1.807) is 0 Å². The van der Waals surface area contributed by atoms with Crippen molar-refractivity contribution in [3.63, 3.8) is 0 Å². The van der Waals surface area contributed by atoms with Crippen molar-refractivity contribution >= 4 is 87.2 Å². The van der Waals surface area contributed by atoms with Crippen molar-refractivity contribution in [3.8, 4) is 90.1 Å². The lowest BCUT2D eigenvalue weighted by Gasteiger charge is -2.10. The minimum atomic E-state index is 0.900. The third kappa shape index (κ3) is 10.3. The molecule has 18 rings (SSSR count). The molecule has 0 bridgehead atoms. The molecule has 0 amide bonds. The topological polar surface area (TPSA) is 103 Å². The first-order valence-electron chi connectivity index (χ1n) is 30.8. The van der Waals surface area contributed by atoms with Gasteiger partial charge in [-0.3, -0.25) is 0 Å². The van der Waals surface area contributed by atoms with Crippen LogP contribution < -0.4 is 0 Å². The zero-order valence-electron chi connectivity index (χ0n) is 49.6. The van der Waals surface area contributed by atoms with E-state index in [1.165, 1.54) is 0 Å². The molecule has 0 N–H and O–H groups in total. The Labute approximate surface area is 529 Å². The number of aromatic nitrogens is 8. The van der Waals surface area contributed by atoms with Crippen LogP contribution in [0.15, 0.2) is 315 Å². The highest BCUT2D eigenvalue weighted by atomic mass is 14.8. The summed E-state index contributed by atoms with van der Waals surface area (Å²) in [5, 5.41) is 8.75. The van der Waals surface area contributed by atoms with Gasteiger partial charge in [-0.15, -0.1) is 0 Å². The monoisotopic (exact) mass is 1170 g/mol. The SMILES string of the molecule is c1ccc(-c2ccc3ccc4ccc(-c5ccc(-c6ccc7ccc(-c8ccc9ccccc9n8)cc7n6)cc5)nc4c3n2)cc1.c1ccc(-c2ccc3ccc4ccc(-c5cccc(-c6ccc7ccc(-c8ccc9ccccc9n8)cc7n6)c5)nc4c3n2)cc1. The Balaban J connectivity index is 0.000000141. The fourth-order valence-electron chi connectivity index (χ4n) is 12.4. The lowest BCUT2D eigenvalue weighted by molar-refractivity contribution is 1.36. The summed E-state index contributed by atoms with van der Waals surface area (Å²) in [7, 11) is 0. The Bertz CT molecular complexity index is 5890. The van der Waals surface area contributed by atoms with Crippen molar-refractivity contribution in [2.24, 2.45) is 0 Å². The molecule has 0 saturated heterocycles. The van der Waals surface area contributed by atoms with E-state index in [0.717, 1.165) is 177 Å². The molecular formula is C84H52N8. The molecule has 8 nitrogen and oxygen atoms in total. The molecule has 0 spiro atoms. The van der Waals surface area contributed by atoms with E-state index in [0.29, 0.717) is 0 Å². The quantitative estimate of drug-likeness (QED) is 0.139. The lowest BCUT2D eigenvalue weighted by Crippen LogP contribution is -1.92. The standard InChI is InChI=1S/2C42H26N4/c1-2-7-27(8-3-1)36-23-19-30-14-15-31-20-24-39(46-42(31)41(30)45-36)33-11-6-10-32(25-33)37-22-18-29-13-16-34(26-40(29)44-37)38-21-17-28-9-4-5-12-35(28)43-38;1-2-6-27(7-3-1)37-24-20-32-15-16-33-21-25-38(46-42(33)41(32)45-37)30-12-10-29(11-13-30)36-22-19-31-14-17-34(26-40(31)44-36)39-23-18-28-8-4-5-9-35(28)43-39/h2*1-26H. The van der Waals surface area contributed by atoms with Crippen molar-refractivity contribution in [2.45, 2.75) is 0 Å². The summed E-state index contributed by atoms with van der Waals surface area (Å²) in [5.74, 6) is 0. The zero-order valence-corrected chi connectivity index (χ0v) is 49.6. The molecule has 0 aliphatic carbocycles. The molecule has 0 unspecified atom stereocenters. The van der Waals surface area contributed by atoms with Gasteiger partial charge in [0.1, 0.15) is 0 Å². The number of rotatable bonds is 8. The molecule has 8 heterocycles. The first-order chi connectivity index (χ1) is 45.5. The number of para-hydroxylation sites is 2. The van der Waals surface area contributed by atoms with Gasteiger partial charge in [0.25, 0.3) is 0 Å². The maximum Gasteiger partial charge on any atom is 0.0972 e. The molecule has 18 aromatic rings. The number of hydrogen-bond donors (Lipinski definition) is 0. The number of fused-ring (bicyclic) bond motifs is 10. The number of pyridine rings is 8. The predicted molar refractivity (Wildman–Crippen MR) is 379 cm³/mol. The Morgan fingerprint density at radius 2 is 0.359 bits per heavy atom. The van der Waals surface area contributed by atoms with Gasteiger partial charge in [0.05, 0.1) is 89.7 Å². The summed E-state index contributed by atoms with van der Waals surface area (Å²) in [5.41, 5.74) is 23.4. The van der Waals surface area contributed by atoms with Crippen molar-refractivity contribution in [3.05, 3.63) is 315 Å². The fraction of sp³-hybridized carbons (Fsp3) is 0. The van der Waals surface area contributed by atoms with Crippen LogP contribution in [0.5, 0.6) is 0 Å². The summed E-state index contributed by atoms with van der Waals surface area (Å²) in [6.07, 6.45) is 0. The molecular weight excluding hydrogens is 1120 g/mol. The third-order valence-corrected chi connectivity index (χ3v) is 17.3. The van der Waals surface area contributed by atoms with Gasteiger partial charge in [0, 0.05) is 87.6 Å². The Morgan fingerprint density at radius 1 is 0.130 bits per heavy atom. The van der Waals surface area contributed by atoms with Gasteiger partial charge in [-0.1, -0.05) is 237 Å². The van der Waals surface area contributed by atoms with Crippen LogP contribution in [0.4, 0.5) is 0 Å². The average molecular weight is 1170 g/mol. The van der Waals surface area contributed by atoms with Crippen LogP contribution in [-0.4, -0.2) is 39.9 Å². The van der Waals surface area contributed by atoms with Crippen LogP contribution in [0.25, 0.3) is 177 Å². The van der Waals surface area contributed by atoms with Gasteiger partial charge in [0.2, 0.25) is 0 Å². The number of benzene rings is 10. The van der Waals surface area contributed by atoms with Crippen molar-refractivity contribution in [2.75, 3.05) is 0 Å². The van der Waals surface area contributed by atoms with E-state index < -0.39 is 0 Å². The second-order valence-electron chi connectivity index (χ2n) is 23.1. The highest BCUT2D eigenvalue weighted by Gasteiger charge is 2.15. The van der Waals surface area contributed by atoms with Crippen LogP contribution in [0.1, 0.15) is 0 Å². The van der Waals surface area contributed by atoms with Crippen LogP contribution in [-0.2, 0) is 0 Å². The normalized spacial score (nSPS) is 11.5. The van der Waals surface area contributed by atoms with Crippen LogP contribution in [0.3, 0.4) is 0 Å². The summed E-state index contributed by atoms with van der Waals surface area (Å²) < 4.78 is 0. The first kappa shape index (κ1) is 53.7. The molecule has 8 aromatic heterocycles. The van der Waals surface area contributed by atoms with Crippen molar-refractivity contribution in [1.82, 2.24) is 39.9 Å². The van der Waals surface area contributed by atoms with E-state index in [2.05, 4.69) is 249 Å². The van der Waals surface area contributed by atoms with Gasteiger partial charge in [0.15, 0.2) is 0 Å². The predicted octanol–water partition coefficient (Wildman–Crippen LogP) is 21.1. The highest BCUT2D eigenvalue weighted by molar-refractivity contribution is 6.05. The van der Waals surface area contributed by atoms with Crippen LogP contribution in [0, 0.1) is 0 Å². The molecule has 92 heavy (non-hydrogen) atoms. The molecule has 0 aliphatic rings. The van der Waals surface area contributed by atoms with Crippen LogP contribution in [0.2, 0.25) is 0 Å². The summed E-state index contributed by atoms with van der Waals surface area (Å²) in [6.45, 7) is 0. The molecule has 0 fully saturated rings. The average Bonchev–Trinajstić information content (AvgIpc) is 0.920. The van der Waals surface area contributed by atoms with Gasteiger partial charge in [-0.05, 0) is 78.9 Å². The third-order valence-electron chi connectivity index (χ3n) is 17.3. The van der Waals surface area contributed by atoms with Crippen LogP contribution >= 0.6 is 0 Å². The Morgan fingerprint density at radius 3 is 0.739 bits per heavy atom. The molecule has 0 saturated carbocycles. The minimum Gasteiger partial charge on any atom is -0.248 e. The Kier molecular flexibility index (Phi) is 13.4. The summed E-state index contributed by atoms with van der Waals surface area (Å²) >= 11 is 0. The lowest BCUT2D eigenvalue weighted by atomic mass is 10.0. The molecule has 0 atom stereocenters. The molecule has 428 valence electrons. The number of hydrogen-bond acceptors (Lipinski definition) is 8. The van der Waals surface area contributed by atoms with Gasteiger partial charge >= 0.3 is 0 Å². The fourth-order valence-corrected chi connectivity index (χ4v) is 12.4. The van der Waals surface area contributed by atoms with E-state index in [1.807, 2.05) is 66.7 Å². The molecule has 10 aromatic carbocycles. The largest absolute Gasteiger partial charge is 0.248 e. The second-order valence-corrected chi connectivity index (χ2v) is 23.1. The van der Waals surface area contributed by atoms with Gasteiger partial charge < -0.3 is 0 Å². The molecule has 0 aliphatic heterocycles. The maximum absolute atomic E-state index is 5.17. The van der Waals surface area contributed by atoms with Crippen molar-refractivity contribution in [1.29, 1.82) is 0 Å². The highest BCUT2D eigenvalue weighted by Crippen LogP contribution is 2.35. The van der Waals surface area contributed by atoms with Gasteiger partial charge in [-0.25, -0.2) is 39.9 Å². The van der Waals surface area contributed by atoms with E-state index >= 15 is 0 Å². The summed E-state index contributed by atoms with van der Waals surface area (Å²) in [6, 6.07) is 109. The maximum atomic E-state index is 5.17. The first-order valence-corrected chi connectivity index (χ1v) is 30.8. The molecule has 8 heteroatoms. The number of nitrogens with zero attached hydrogens (tertiary/aromatic N) is 8. The van der Waals surface area contributed by atoms with E-state index in [4.69, 9.17) is 39.9 Å². The smallest absolute Gasteiger partial charge is 0.0972 e. The summed E-state index contributed by atoms with van der Waals surface area (Å²) in [4.78, 5) is 40.4. The second kappa shape index (κ2) is 22.9. The zero-order chi connectivity index (χ0) is 60.9. The van der Waals surface area contributed by atoms with E-state index in [9.17, 15) is 0 Å². The Hall–Kier alpha value is -12.5.